The lowest BCUT2D eigenvalue weighted by atomic mass is 10.1. The summed E-state index contributed by atoms with van der Waals surface area (Å²) in [6.45, 7) is 0.792. The lowest BCUT2D eigenvalue weighted by molar-refractivity contribution is 0.104. The summed E-state index contributed by atoms with van der Waals surface area (Å²) >= 11 is 0. The van der Waals surface area contributed by atoms with Crippen molar-refractivity contribution in [3.63, 3.8) is 0 Å². The fraction of sp³-hybridized carbons (Fsp3) is 0.357. The van der Waals surface area contributed by atoms with Crippen molar-refractivity contribution < 1.29 is 9.53 Å². The van der Waals surface area contributed by atoms with Gasteiger partial charge in [-0.1, -0.05) is 36.4 Å². The number of ether oxygens (including phenoxy) is 1. The summed E-state index contributed by atoms with van der Waals surface area (Å²) in [4.78, 5) is 11.6. The largest absolute Gasteiger partial charge is 0.385 e. The van der Waals surface area contributed by atoms with Crippen LogP contribution in [0.4, 0.5) is 0 Å². The lowest BCUT2D eigenvalue weighted by Crippen LogP contribution is -1.93. The Kier molecular flexibility index (Phi) is 6.19. The highest BCUT2D eigenvalue weighted by molar-refractivity contribution is 6.04. The van der Waals surface area contributed by atoms with Gasteiger partial charge in [0.1, 0.15) is 0 Å². The molecule has 2 nitrogen and oxygen atoms in total. The fourth-order valence-corrected chi connectivity index (χ4v) is 1.40. The van der Waals surface area contributed by atoms with Crippen LogP contribution in [0, 0.1) is 0 Å². The molecule has 0 atom stereocenters. The van der Waals surface area contributed by atoms with E-state index in [0.717, 1.165) is 31.4 Å². The van der Waals surface area contributed by atoms with Gasteiger partial charge in [-0.25, -0.2) is 0 Å². The molecule has 0 radical (unpaired) electrons. The summed E-state index contributed by atoms with van der Waals surface area (Å²) < 4.78 is 4.95. The number of ketones is 1. The summed E-state index contributed by atoms with van der Waals surface area (Å²) in [7, 11) is 1.70. The summed E-state index contributed by atoms with van der Waals surface area (Å²) in [6.07, 6.45) is 6.63. The fourth-order valence-electron chi connectivity index (χ4n) is 1.40. The molecule has 0 unspecified atom stereocenters. The molecule has 0 saturated heterocycles. The number of rotatable bonds is 7. The minimum Gasteiger partial charge on any atom is -0.385 e. The van der Waals surface area contributed by atoms with E-state index in [4.69, 9.17) is 4.74 Å². The number of hydrogen-bond acceptors (Lipinski definition) is 2. The van der Waals surface area contributed by atoms with Crippen LogP contribution < -0.4 is 0 Å². The highest BCUT2D eigenvalue weighted by Crippen LogP contribution is 2.02. The molecule has 0 spiro atoms. The molecule has 86 valence electrons. The van der Waals surface area contributed by atoms with Crippen molar-refractivity contribution in [3.05, 3.63) is 48.0 Å². The van der Waals surface area contributed by atoms with Gasteiger partial charge in [0.2, 0.25) is 0 Å². The SMILES string of the molecule is COCCCC/C=C/C(=O)c1ccccc1. The summed E-state index contributed by atoms with van der Waals surface area (Å²) in [5.74, 6) is 0.0762. The van der Waals surface area contributed by atoms with E-state index in [-0.39, 0.29) is 5.78 Å². The zero-order valence-electron chi connectivity index (χ0n) is 9.69. The number of benzene rings is 1. The minimum atomic E-state index is 0.0762. The Morgan fingerprint density at radius 3 is 2.69 bits per heavy atom. The van der Waals surface area contributed by atoms with Gasteiger partial charge >= 0.3 is 0 Å². The van der Waals surface area contributed by atoms with E-state index in [1.807, 2.05) is 36.4 Å². The molecule has 1 aromatic carbocycles. The summed E-state index contributed by atoms with van der Waals surface area (Å²) in [5, 5.41) is 0. The van der Waals surface area contributed by atoms with E-state index in [1.165, 1.54) is 0 Å². The third-order valence-corrected chi connectivity index (χ3v) is 2.30. The van der Waals surface area contributed by atoms with Crippen molar-refractivity contribution in [2.24, 2.45) is 0 Å². The number of hydrogen-bond donors (Lipinski definition) is 0. The molecule has 0 bridgehead atoms. The molecule has 0 aliphatic carbocycles. The molecule has 0 aliphatic rings. The van der Waals surface area contributed by atoms with Gasteiger partial charge in [0.05, 0.1) is 0 Å². The third-order valence-electron chi connectivity index (χ3n) is 2.30. The van der Waals surface area contributed by atoms with Gasteiger partial charge in [-0.3, -0.25) is 4.79 Å². The Morgan fingerprint density at radius 1 is 1.25 bits per heavy atom. The zero-order valence-corrected chi connectivity index (χ0v) is 9.69. The number of allylic oxidation sites excluding steroid dienone is 2. The Morgan fingerprint density at radius 2 is 2.00 bits per heavy atom. The second-order valence-corrected chi connectivity index (χ2v) is 3.62. The molecule has 0 fully saturated rings. The van der Waals surface area contributed by atoms with Gasteiger partial charge in [0.15, 0.2) is 5.78 Å². The Balaban J connectivity index is 2.27. The lowest BCUT2D eigenvalue weighted by Gasteiger charge is -1.96. The van der Waals surface area contributed by atoms with Crippen molar-refractivity contribution in [3.8, 4) is 0 Å². The standard InChI is InChI=1S/C14H18O2/c1-16-12-8-3-2-7-11-14(15)13-9-5-4-6-10-13/h4-7,9-11H,2-3,8,12H2,1H3/b11-7+. The second-order valence-electron chi connectivity index (χ2n) is 3.62. The Labute approximate surface area is 96.9 Å². The topological polar surface area (TPSA) is 26.3 Å². The van der Waals surface area contributed by atoms with Crippen LogP contribution in [0.5, 0.6) is 0 Å². The van der Waals surface area contributed by atoms with Crippen LogP contribution in [0.3, 0.4) is 0 Å². The molecule has 1 rings (SSSR count). The maximum atomic E-state index is 11.6. The van der Waals surface area contributed by atoms with E-state index in [9.17, 15) is 4.79 Å². The molecule has 0 aliphatic heterocycles. The van der Waals surface area contributed by atoms with Crippen LogP contribution in [0.25, 0.3) is 0 Å². The van der Waals surface area contributed by atoms with Crippen LogP contribution in [0.1, 0.15) is 29.6 Å². The molecule has 16 heavy (non-hydrogen) atoms. The van der Waals surface area contributed by atoms with E-state index in [2.05, 4.69) is 0 Å². The van der Waals surface area contributed by atoms with Crippen molar-refractivity contribution >= 4 is 5.78 Å². The number of methoxy groups -OCH3 is 1. The molecule has 0 aromatic heterocycles. The van der Waals surface area contributed by atoms with Gasteiger partial charge in [0.25, 0.3) is 0 Å². The normalized spacial score (nSPS) is 10.8. The van der Waals surface area contributed by atoms with Gasteiger partial charge in [-0.2, -0.15) is 0 Å². The van der Waals surface area contributed by atoms with Crippen LogP contribution in [0.2, 0.25) is 0 Å². The van der Waals surface area contributed by atoms with Gasteiger partial charge in [-0.15, -0.1) is 0 Å². The highest BCUT2D eigenvalue weighted by Gasteiger charge is 1.98. The van der Waals surface area contributed by atoms with Crippen LogP contribution in [-0.2, 0) is 4.74 Å². The number of carbonyl (C=O) groups excluding carboxylic acids is 1. The predicted molar refractivity (Wildman–Crippen MR) is 65.6 cm³/mol. The maximum absolute atomic E-state index is 11.6. The number of carbonyl (C=O) groups is 1. The first-order chi connectivity index (χ1) is 7.84. The van der Waals surface area contributed by atoms with Gasteiger partial charge < -0.3 is 4.74 Å². The Hall–Kier alpha value is -1.41. The first-order valence-electron chi connectivity index (χ1n) is 5.59. The minimum absolute atomic E-state index is 0.0762. The average molecular weight is 218 g/mol. The van der Waals surface area contributed by atoms with Crippen molar-refractivity contribution in [1.82, 2.24) is 0 Å². The second kappa shape index (κ2) is 7.83. The molecule has 2 heteroatoms. The van der Waals surface area contributed by atoms with Gasteiger partial charge in [0, 0.05) is 19.3 Å². The van der Waals surface area contributed by atoms with Gasteiger partial charge in [-0.05, 0) is 25.3 Å². The molecule has 0 heterocycles. The van der Waals surface area contributed by atoms with Crippen molar-refractivity contribution in [2.75, 3.05) is 13.7 Å². The number of unbranched alkanes of at least 4 members (excludes halogenated alkanes) is 2. The molecular formula is C14H18O2. The van der Waals surface area contributed by atoms with Crippen LogP contribution in [-0.4, -0.2) is 19.5 Å². The zero-order chi connectivity index (χ0) is 11.6. The molecular weight excluding hydrogens is 200 g/mol. The first-order valence-corrected chi connectivity index (χ1v) is 5.59. The van der Waals surface area contributed by atoms with Crippen molar-refractivity contribution in [1.29, 1.82) is 0 Å². The first kappa shape index (κ1) is 12.7. The third kappa shape index (κ3) is 4.89. The smallest absolute Gasteiger partial charge is 0.185 e. The monoisotopic (exact) mass is 218 g/mol. The van der Waals surface area contributed by atoms with E-state index in [0.29, 0.717) is 0 Å². The molecule has 0 N–H and O–H groups in total. The van der Waals surface area contributed by atoms with Crippen LogP contribution in [0.15, 0.2) is 42.5 Å². The van der Waals surface area contributed by atoms with E-state index < -0.39 is 0 Å². The molecule has 0 amide bonds. The summed E-state index contributed by atoms with van der Waals surface area (Å²) in [6, 6.07) is 9.32. The average Bonchev–Trinajstić information content (AvgIpc) is 2.34. The molecule has 1 aromatic rings. The Bertz CT molecular complexity index is 328. The van der Waals surface area contributed by atoms with Crippen molar-refractivity contribution in [2.45, 2.75) is 19.3 Å². The quantitative estimate of drug-likeness (QED) is 0.399. The highest BCUT2D eigenvalue weighted by atomic mass is 16.5. The predicted octanol–water partition coefficient (Wildman–Crippen LogP) is 3.24. The molecule has 0 saturated carbocycles. The van der Waals surface area contributed by atoms with E-state index in [1.54, 1.807) is 13.2 Å². The maximum Gasteiger partial charge on any atom is 0.185 e. The summed E-state index contributed by atoms with van der Waals surface area (Å²) in [5.41, 5.74) is 0.746. The van der Waals surface area contributed by atoms with E-state index >= 15 is 0 Å². The van der Waals surface area contributed by atoms with Crippen LogP contribution >= 0.6 is 0 Å².